The number of carbonyl (C=O) groups is 1. The highest BCUT2D eigenvalue weighted by Gasteiger charge is 2.29. The van der Waals surface area contributed by atoms with Crippen LogP contribution in [0.25, 0.3) is 11.4 Å². The summed E-state index contributed by atoms with van der Waals surface area (Å²) in [6.07, 6.45) is 3.92. The molecule has 2 aromatic heterocycles. The number of likely N-dealkylation sites (tertiary alicyclic amines) is 1. The first-order valence-corrected chi connectivity index (χ1v) is 10.1. The van der Waals surface area contributed by atoms with Gasteiger partial charge in [0.2, 0.25) is 17.6 Å². The molecule has 0 radical (unpaired) electrons. The lowest BCUT2D eigenvalue weighted by atomic mass is 9.91. The summed E-state index contributed by atoms with van der Waals surface area (Å²) in [4.78, 5) is 28.3. The maximum absolute atomic E-state index is 13.0. The first kappa shape index (κ1) is 20.0. The molecule has 30 heavy (non-hydrogen) atoms. The standard InChI is InChI=1S/C22H25N5O3/c1-14-23-12-18(22-25-15(2)30-26-22)21(24-14)17-8-6-10-27(13-17)20(28)11-16-7-4-5-9-19(16)29-3/h4-5,7,9,12,17H,6,8,10-11,13H2,1-3H3. The van der Waals surface area contributed by atoms with E-state index < -0.39 is 0 Å². The molecule has 3 aromatic rings. The molecule has 4 rings (SSSR count). The van der Waals surface area contributed by atoms with Gasteiger partial charge in [0, 0.05) is 37.7 Å². The van der Waals surface area contributed by atoms with Crippen LogP contribution in [0.4, 0.5) is 0 Å². The van der Waals surface area contributed by atoms with Crippen LogP contribution in [0.2, 0.25) is 0 Å². The summed E-state index contributed by atoms with van der Waals surface area (Å²) in [6.45, 7) is 4.96. The molecular weight excluding hydrogens is 382 g/mol. The van der Waals surface area contributed by atoms with Crippen LogP contribution in [0.15, 0.2) is 35.0 Å². The molecule has 1 aliphatic heterocycles. The van der Waals surface area contributed by atoms with Gasteiger partial charge in [-0.25, -0.2) is 9.97 Å². The lowest BCUT2D eigenvalue weighted by molar-refractivity contribution is -0.131. The second kappa shape index (κ2) is 8.61. The molecule has 1 amide bonds. The van der Waals surface area contributed by atoms with Crippen LogP contribution in [-0.2, 0) is 11.2 Å². The van der Waals surface area contributed by atoms with Crippen LogP contribution in [0.5, 0.6) is 5.75 Å². The fraction of sp³-hybridized carbons (Fsp3) is 0.409. The number of piperidine rings is 1. The first-order chi connectivity index (χ1) is 14.5. The van der Waals surface area contributed by atoms with Crippen LogP contribution in [0, 0.1) is 13.8 Å². The summed E-state index contributed by atoms with van der Waals surface area (Å²) in [5.74, 6) is 2.59. The molecule has 0 aliphatic carbocycles. The molecule has 1 saturated heterocycles. The van der Waals surface area contributed by atoms with E-state index in [9.17, 15) is 4.79 Å². The van der Waals surface area contributed by atoms with Crippen LogP contribution in [-0.4, -0.2) is 51.1 Å². The van der Waals surface area contributed by atoms with Crippen molar-refractivity contribution in [2.75, 3.05) is 20.2 Å². The Kier molecular flexibility index (Phi) is 5.74. The second-order valence-corrected chi connectivity index (χ2v) is 7.52. The molecule has 1 unspecified atom stereocenters. The van der Waals surface area contributed by atoms with Crippen molar-refractivity contribution >= 4 is 5.91 Å². The van der Waals surface area contributed by atoms with Gasteiger partial charge in [0.15, 0.2) is 0 Å². The van der Waals surface area contributed by atoms with Gasteiger partial charge in [0.1, 0.15) is 11.6 Å². The van der Waals surface area contributed by atoms with Gasteiger partial charge in [0.05, 0.1) is 24.8 Å². The number of methoxy groups -OCH3 is 1. The van der Waals surface area contributed by atoms with Crippen LogP contribution < -0.4 is 4.74 Å². The predicted octanol–water partition coefficient (Wildman–Crippen LogP) is 3.10. The van der Waals surface area contributed by atoms with Crippen molar-refractivity contribution < 1.29 is 14.1 Å². The Hall–Kier alpha value is -3.29. The molecule has 8 heteroatoms. The molecule has 0 bridgehead atoms. The minimum atomic E-state index is 0.0898. The number of rotatable bonds is 5. The predicted molar refractivity (Wildman–Crippen MR) is 110 cm³/mol. The highest BCUT2D eigenvalue weighted by atomic mass is 16.5. The fourth-order valence-corrected chi connectivity index (χ4v) is 3.93. The minimum Gasteiger partial charge on any atom is -0.496 e. The number of ether oxygens (including phenoxy) is 1. The van der Waals surface area contributed by atoms with Gasteiger partial charge in [-0.1, -0.05) is 23.4 Å². The Morgan fingerprint density at radius 2 is 2.10 bits per heavy atom. The van der Waals surface area contributed by atoms with Crippen molar-refractivity contribution in [3.05, 3.63) is 53.4 Å². The van der Waals surface area contributed by atoms with E-state index in [1.165, 1.54) is 0 Å². The largest absolute Gasteiger partial charge is 0.496 e. The van der Waals surface area contributed by atoms with Gasteiger partial charge >= 0.3 is 0 Å². The van der Waals surface area contributed by atoms with E-state index in [0.29, 0.717) is 30.5 Å². The molecule has 0 spiro atoms. The molecule has 8 nitrogen and oxygen atoms in total. The van der Waals surface area contributed by atoms with E-state index in [4.69, 9.17) is 14.2 Å². The number of hydrogen-bond acceptors (Lipinski definition) is 7. The number of amides is 1. The zero-order valence-electron chi connectivity index (χ0n) is 17.5. The number of carbonyl (C=O) groups excluding carboxylic acids is 1. The van der Waals surface area contributed by atoms with Crippen LogP contribution in [0.3, 0.4) is 0 Å². The van der Waals surface area contributed by atoms with Gasteiger partial charge < -0.3 is 14.2 Å². The molecule has 1 aliphatic rings. The fourth-order valence-electron chi connectivity index (χ4n) is 3.93. The molecule has 0 saturated carbocycles. The number of aryl methyl sites for hydroxylation is 2. The molecule has 1 fully saturated rings. The topological polar surface area (TPSA) is 94.2 Å². The van der Waals surface area contributed by atoms with Gasteiger partial charge in [-0.2, -0.15) is 4.98 Å². The highest BCUT2D eigenvalue weighted by molar-refractivity contribution is 5.79. The Labute approximate surface area is 175 Å². The van der Waals surface area contributed by atoms with Gasteiger partial charge in [-0.3, -0.25) is 4.79 Å². The van der Waals surface area contributed by atoms with Crippen molar-refractivity contribution in [1.29, 1.82) is 0 Å². The third-order valence-electron chi connectivity index (χ3n) is 5.40. The molecule has 156 valence electrons. The van der Waals surface area contributed by atoms with Crippen molar-refractivity contribution in [2.45, 2.75) is 39.0 Å². The Bertz CT molecular complexity index is 1050. The van der Waals surface area contributed by atoms with E-state index in [-0.39, 0.29) is 11.8 Å². The third kappa shape index (κ3) is 4.17. The molecule has 1 atom stereocenters. The molecule has 0 N–H and O–H groups in total. The number of aromatic nitrogens is 4. The second-order valence-electron chi connectivity index (χ2n) is 7.52. The quantitative estimate of drug-likeness (QED) is 0.641. The van der Waals surface area contributed by atoms with E-state index in [0.717, 1.165) is 42.0 Å². The maximum atomic E-state index is 13.0. The average Bonchev–Trinajstić information content (AvgIpc) is 3.20. The molecule has 3 heterocycles. The Balaban J connectivity index is 1.56. The number of para-hydroxylation sites is 1. The maximum Gasteiger partial charge on any atom is 0.227 e. The monoisotopic (exact) mass is 407 g/mol. The SMILES string of the molecule is COc1ccccc1CC(=O)N1CCCC(c2nc(C)ncc2-c2noc(C)n2)C1. The van der Waals surface area contributed by atoms with Crippen molar-refractivity contribution in [2.24, 2.45) is 0 Å². The Morgan fingerprint density at radius 1 is 1.27 bits per heavy atom. The van der Waals surface area contributed by atoms with Crippen molar-refractivity contribution in [1.82, 2.24) is 25.0 Å². The summed E-state index contributed by atoms with van der Waals surface area (Å²) < 4.78 is 10.5. The smallest absolute Gasteiger partial charge is 0.227 e. The van der Waals surface area contributed by atoms with E-state index in [1.54, 1.807) is 20.2 Å². The van der Waals surface area contributed by atoms with E-state index >= 15 is 0 Å². The van der Waals surface area contributed by atoms with Crippen molar-refractivity contribution in [3.63, 3.8) is 0 Å². The van der Waals surface area contributed by atoms with E-state index in [1.807, 2.05) is 36.1 Å². The number of benzene rings is 1. The van der Waals surface area contributed by atoms with Gasteiger partial charge in [0.25, 0.3) is 0 Å². The lowest BCUT2D eigenvalue weighted by Crippen LogP contribution is -2.40. The zero-order chi connectivity index (χ0) is 21.1. The van der Waals surface area contributed by atoms with Gasteiger partial charge in [-0.05, 0) is 25.8 Å². The summed E-state index contributed by atoms with van der Waals surface area (Å²) in [6, 6.07) is 7.64. The summed E-state index contributed by atoms with van der Waals surface area (Å²) in [5.41, 5.74) is 2.53. The first-order valence-electron chi connectivity index (χ1n) is 10.1. The van der Waals surface area contributed by atoms with Crippen LogP contribution >= 0.6 is 0 Å². The highest BCUT2D eigenvalue weighted by Crippen LogP contribution is 2.32. The lowest BCUT2D eigenvalue weighted by Gasteiger charge is -2.33. The van der Waals surface area contributed by atoms with E-state index in [2.05, 4.69) is 15.1 Å². The van der Waals surface area contributed by atoms with Gasteiger partial charge in [-0.15, -0.1) is 0 Å². The molecule has 1 aromatic carbocycles. The Morgan fingerprint density at radius 3 is 2.87 bits per heavy atom. The third-order valence-corrected chi connectivity index (χ3v) is 5.40. The normalized spacial score (nSPS) is 16.5. The van der Waals surface area contributed by atoms with Crippen LogP contribution in [0.1, 0.15) is 41.7 Å². The minimum absolute atomic E-state index is 0.0898. The summed E-state index contributed by atoms with van der Waals surface area (Å²) >= 11 is 0. The summed E-state index contributed by atoms with van der Waals surface area (Å²) in [7, 11) is 1.62. The van der Waals surface area contributed by atoms with Crippen molar-refractivity contribution in [3.8, 4) is 17.1 Å². The average molecular weight is 407 g/mol. The summed E-state index contributed by atoms with van der Waals surface area (Å²) in [5, 5.41) is 4.04. The molecular formula is C22H25N5O3. The zero-order valence-corrected chi connectivity index (χ0v) is 17.5. The number of nitrogens with zero attached hydrogens (tertiary/aromatic N) is 5. The number of hydrogen-bond donors (Lipinski definition) is 0.